The van der Waals surface area contributed by atoms with Gasteiger partial charge in [0.25, 0.3) is 0 Å². The van der Waals surface area contributed by atoms with Crippen LogP contribution in [0.25, 0.3) is 0 Å². The Hall–Kier alpha value is -1.84. The second-order valence-electron chi connectivity index (χ2n) is 2.68. The van der Waals surface area contributed by atoms with Crippen molar-refractivity contribution in [1.29, 1.82) is 0 Å². The molecule has 0 radical (unpaired) electrons. The molecule has 1 aliphatic rings. The first kappa shape index (κ1) is 10.2. The van der Waals surface area contributed by atoms with E-state index in [-0.39, 0.29) is 5.57 Å². The van der Waals surface area contributed by atoms with E-state index in [2.05, 4.69) is 0 Å². The second kappa shape index (κ2) is 4.41. The minimum atomic E-state index is -1.09. The molecule has 14 heavy (non-hydrogen) atoms. The summed E-state index contributed by atoms with van der Waals surface area (Å²) in [4.78, 5) is 21.3. The number of carboxylic acids is 1. The number of carboxylic acid groups (broad SMARTS) is 1. The molecule has 1 N–H and O–H groups in total. The standard InChI is InChI=1S/C10H10O4/c1-2-3-8-6-7(10(13)14-8)4-5-9(11)12/h3-6H,2H2,1H3,(H,11,12)/b5-4+,8-3+. The maximum absolute atomic E-state index is 11.1. The molecule has 0 amide bonds. The molecule has 1 heterocycles. The fraction of sp³-hybridized carbons (Fsp3) is 0.200. The lowest BCUT2D eigenvalue weighted by molar-refractivity contribution is -0.133. The third-order valence-electron chi connectivity index (χ3n) is 1.55. The highest BCUT2D eigenvalue weighted by Gasteiger charge is 2.18. The Bertz CT molecular complexity index is 347. The molecule has 4 nitrogen and oxygen atoms in total. The minimum absolute atomic E-state index is 0.257. The van der Waals surface area contributed by atoms with Crippen LogP contribution in [0.4, 0.5) is 0 Å². The van der Waals surface area contributed by atoms with Gasteiger partial charge in [-0.25, -0.2) is 9.59 Å². The summed E-state index contributed by atoms with van der Waals surface area (Å²) in [5.74, 6) is -1.13. The lowest BCUT2D eigenvalue weighted by Gasteiger charge is -1.92. The van der Waals surface area contributed by atoms with E-state index in [4.69, 9.17) is 9.84 Å². The SMILES string of the molecule is CC/C=C1C=C(/C=C/C(=O)O)C(=O)O\1. The number of carbonyl (C=O) groups excluding carboxylic acids is 1. The van der Waals surface area contributed by atoms with Crippen molar-refractivity contribution in [3.05, 3.63) is 35.6 Å². The first-order valence-corrected chi connectivity index (χ1v) is 4.18. The zero-order valence-electron chi connectivity index (χ0n) is 7.69. The molecule has 0 saturated carbocycles. The number of carbonyl (C=O) groups is 2. The molecule has 0 aromatic rings. The quantitative estimate of drug-likeness (QED) is 0.545. The summed E-state index contributed by atoms with van der Waals surface area (Å²) in [6, 6.07) is 0. The number of ether oxygens (including phenoxy) is 1. The van der Waals surface area contributed by atoms with Crippen molar-refractivity contribution in [3.63, 3.8) is 0 Å². The van der Waals surface area contributed by atoms with Gasteiger partial charge in [0.05, 0.1) is 5.57 Å². The number of hydrogen-bond acceptors (Lipinski definition) is 3. The average Bonchev–Trinajstić information content (AvgIpc) is 2.44. The summed E-state index contributed by atoms with van der Waals surface area (Å²) in [5.41, 5.74) is 0.257. The summed E-state index contributed by atoms with van der Waals surface area (Å²) < 4.78 is 4.83. The van der Waals surface area contributed by atoms with Crippen molar-refractivity contribution in [2.24, 2.45) is 0 Å². The number of cyclic esters (lactones) is 1. The molecule has 4 heteroatoms. The fourth-order valence-electron chi connectivity index (χ4n) is 0.987. The predicted octanol–water partition coefficient (Wildman–Crippen LogP) is 1.40. The molecule has 0 atom stereocenters. The van der Waals surface area contributed by atoms with Gasteiger partial charge in [0, 0.05) is 6.08 Å². The van der Waals surface area contributed by atoms with Gasteiger partial charge in [-0.3, -0.25) is 0 Å². The van der Waals surface area contributed by atoms with Crippen LogP contribution < -0.4 is 0 Å². The number of hydrogen-bond donors (Lipinski definition) is 1. The first-order chi connectivity index (χ1) is 6.63. The Kier molecular flexibility index (Phi) is 3.23. The fourth-order valence-corrected chi connectivity index (χ4v) is 0.987. The normalized spacial score (nSPS) is 18.8. The zero-order chi connectivity index (χ0) is 10.6. The van der Waals surface area contributed by atoms with E-state index >= 15 is 0 Å². The van der Waals surface area contributed by atoms with E-state index in [0.29, 0.717) is 5.76 Å². The van der Waals surface area contributed by atoms with Crippen molar-refractivity contribution in [1.82, 2.24) is 0 Å². The van der Waals surface area contributed by atoms with Gasteiger partial charge in [-0.2, -0.15) is 0 Å². The summed E-state index contributed by atoms with van der Waals surface area (Å²) in [7, 11) is 0. The van der Waals surface area contributed by atoms with Gasteiger partial charge >= 0.3 is 11.9 Å². The van der Waals surface area contributed by atoms with E-state index in [9.17, 15) is 9.59 Å². The first-order valence-electron chi connectivity index (χ1n) is 4.18. The van der Waals surface area contributed by atoms with Crippen LogP contribution in [0.3, 0.4) is 0 Å². The maximum Gasteiger partial charge on any atom is 0.343 e. The van der Waals surface area contributed by atoms with Gasteiger partial charge < -0.3 is 9.84 Å². The highest BCUT2D eigenvalue weighted by Crippen LogP contribution is 2.18. The summed E-state index contributed by atoms with van der Waals surface area (Å²) in [6.07, 6.45) is 6.16. The van der Waals surface area contributed by atoms with Crippen LogP contribution in [-0.4, -0.2) is 17.0 Å². The lowest BCUT2D eigenvalue weighted by atomic mass is 10.2. The van der Waals surface area contributed by atoms with Crippen LogP contribution in [0, 0.1) is 0 Å². The van der Waals surface area contributed by atoms with E-state index in [1.807, 2.05) is 6.92 Å². The minimum Gasteiger partial charge on any atom is -0.478 e. The van der Waals surface area contributed by atoms with Crippen LogP contribution in [0.2, 0.25) is 0 Å². The molecule has 0 bridgehead atoms. The molecule has 1 aliphatic heterocycles. The van der Waals surface area contributed by atoms with Crippen LogP contribution in [0.5, 0.6) is 0 Å². The Balaban J connectivity index is 2.79. The van der Waals surface area contributed by atoms with Gasteiger partial charge in [0.15, 0.2) is 0 Å². The van der Waals surface area contributed by atoms with Crippen LogP contribution >= 0.6 is 0 Å². The molecule has 0 spiro atoms. The topological polar surface area (TPSA) is 63.6 Å². The zero-order valence-corrected chi connectivity index (χ0v) is 7.69. The highest BCUT2D eigenvalue weighted by atomic mass is 16.5. The summed E-state index contributed by atoms with van der Waals surface area (Å²) in [6.45, 7) is 1.92. The molecular formula is C10H10O4. The molecule has 0 saturated heterocycles. The van der Waals surface area contributed by atoms with Crippen molar-refractivity contribution >= 4 is 11.9 Å². The Morgan fingerprint density at radius 1 is 1.64 bits per heavy atom. The van der Waals surface area contributed by atoms with Gasteiger partial charge in [0.1, 0.15) is 5.76 Å². The Morgan fingerprint density at radius 3 is 2.93 bits per heavy atom. The Morgan fingerprint density at radius 2 is 2.36 bits per heavy atom. The number of esters is 1. The summed E-state index contributed by atoms with van der Waals surface area (Å²) >= 11 is 0. The largest absolute Gasteiger partial charge is 0.478 e. The highest BCUT2D eigenvalue weighted by molar-refractivity contribution is 5.97. The van der Waals surface area contributed by atoms with Crippen molar-refractivity contribution in [2.75, 3.05) is 0 Å². The molecule has 0 aromatic carbocycles. The van der Waals surface area contributed by atoms with E-state index in [1.165, 1.54) is 12.2 Å². The number of rotatable bonds is 3. The van der Waals surface area contributed by atoms with Crippen LogP contribution in [0.1, 0.15) is 13.3 Å². The smallest absolute Gasteiger partial charge is 0.343 e. The maximum atomic E-state index is 11.1. The molecule has 0 aromatic heterocycles. The molecular weight excluding hydrogens is 184 g/mol. The Labute approximate surface area is 81.2 Å². The average molecular weight is 194 g/mol. The van der Waals surface area contributed by atoms with Gasteiger partial charge in [-0.15, -0.1) is 0 Å². The third kappa shape index (κ3) is 2.58. The summed E-state index contributed by atoms with van der Waals surface area (Å²) in [5, 5.41) is 8.35. The van der Waals surface area contributed by atoms with Gasteiger partial charge in [0.2, 0.25) is 0 Å². The third-order valence-corrected chi connectivity index (χ3v) is 1.55. The van der Waals surface area contributed by atoms with E-state index < -0.39 is 11.9 Å². The van der Waals surface area contributed by atoms with Crippen LogP contribution in [-0.2, 0) is 14.3 Å². The van der Waals surface area contributed by atoms with Crippen molar-refractivity contribution < 1.29 is 19.4 Å². The van der Waals surface area contributed by atoms with Crippen molar-refractivity contribution in [2.45, 2.75) is 13.3 Å². The number of allylic oxidation sites excluding steroid dienone is 2. The van der Waals surface area contributed by atoms with Gasteiger partial charge in [-0.05, 0) is 24.6 Å². The second-order valence-corrected chi connectivity index (χ2v) is 2.68. The lowest BCUT2D eigenvalue weighted by Crippen LogP contribution is -1.97. The molecule has 0 unspecified atom stereocenters. The molecule has 0 aliphatic carbocycles. The van der Waals surface area contributed by atoms with Gasteiger partial charge in [-0.1, -0.05) is 6.92 Å². The van der Waals surface area contributed by atoms with E-state index in [1.54, 1.807) is 6.08 Å². The predicted molar refractivity (Wildman–Crippen MR) is 49.3 cm³/mol. The number of aliphatic carboxylic acids is 1. The molecule has 74 valence electrons. The molecule has 1 rings (SSSR count). The molecule has 0 fully saturated rings. The van der Waals surface area contributed by atoms with E-state index in [0.717, 1.165) is 12.5 Å². The van der Waals surface area contributed by atoms with Crippen molar-refractivity contribution in [3.8, 4) is 0 Å². The van der Waals surface area contributed by atoms with Crippen LogP contribution in [0.15, 0.2) is 35.6 Å². The monoisotopic (exact) mass is 194 g/mol.